The Morgan fingerprint density at radius 1 is 1.15 bits per heavy atom. The number of carbonyl (C=O) groups excluding carboxylic acids is 2. The lowest BCUT2D eigenvalue weighted by Crippen LogP contribution is -2.31. The van der Waals surface area contributed by atoms with Gasteiger partial charge in [-0.05, 0) is 19.8 Å². The van der Waals surface area contributed by atoms with E-state index in [0.717, 1.165) is 0 Å². The van der Waals surface area contributed by atoms with Gasteiger partial charge in [0.05, 0.1) is 10.9 Å². The molecule has 0 saturated carbocycles. The Bertz CT molecular complexity index is 199. The summed E-state index contributed by atoms with van der Waals surface area (Å²) in [5.41, 5.74) is 0. The molecule has 0 aromatic rings. The summed E-state index contributed by atoms with van der Waals surface area (Å²) in [6.45, 7) is 7.15. The third-order valence-corrected chi connectivity index (χ3v) is 2.85. The van der Waals surface area contributed by atoms with Gasteiger partial charge in [-0.1, -0.05) is 29.8 Å². The predicted octanol–water partition coefficient (Wildman–Crippen LogP) is 1.93. The highest BCUT2D eigenvalue weighted by Crippen LogP contribution is 2.13. The molecule has 0 amide bonds. The number of ketones is 1. The van der Waals surface area contributed by atoms with Crippen LogP contribution in [0.3, 0.4) is 0 Å². The molecule has 0 radical (unpaired) electrons. The predicted molar refractivity (Wildman–Crippen MR) is 53.8 cm³/mol. The van der Waals surface area contributed by atoms with E-state index in [1.54, 1.807) is 13.8 Å². The average molecular weight is 251 g/mol. The summed E-state index contributed by atoms with van der Waals surface area (Å²) < 4.78 is 4.76. The van der Waals surface area contributed by atoms with Crippen molar-refractivity contribution in [2.75, 3.05) is 0 Å². The molecule has 0 fully saturated rings. The minimum atomic E-state index is -0.759. The van der Waals surface area contributed by atoms with E-state index in [1.807, 2.05) is 13.8 Å². The molecule has 0 bridgehead atoms. The Kier molecular flexibility index (Phi) is 5.21. The largest absolute Gasteiger partial charge is 0.457 e. The summed E-state index contributed by atoms with van der Waals surface area (Å²) in [6, 6.07) is 0. The summed E-state index contributed by atoms with van der Waals surface area (Å²) in [7, 11) is 0. The third kappa shape index (κ3) is 4.41. The Balaban J connectivity index is 4.18. The molecule has 1 atom stereocenters. The number of esters is 1. The van der Waals surface area contributed by atoms with Gasteiger partial charge >= 0.3 is 5.97 Å². The van der Waals surface area contributed by atoms with E-state index in [2.05, 4.69) is 15.9 Å². The first-order valence-corrected chi connectivity index (χ1v) is 5.16. The Morgan fingerprint density at radius 2 is 1.62 bits per heavy atom. The SMILES string of the molecule is CC(C)OC(=O)C(=O)[C@@H](Br)C(C)C. The number of Topliss-reactive ketones (excluding diaryl/α,β-unsaturated/α-hetero) is 1. The molecular formula is C9H15BrO3. The van der Waals surface area contributed by atoms with Crippen LogP contribution in [-0.2, 0) is 14.3 Å². The molecule has 13 heavy (non-hydrogen) atoms. The van der Waals surface area contributed by atoms with Gasteiger partial charge < -0.3 is 4.74 Å². The van der Waals surface area contributed by atoms with Crippen LogP contribution < -0.4 is 0 Å². The zero-order chi connectivity index (χ0) is 10.6. The Hall–Kier alpha value is -0.380. The van der Waals surface area contributed by atoms with Crippen molar-refractivity contribution in [1.29, 1.82) is 0 Å². The first kappa shape index (κ1) is 12.6. The van der Waals surface area contributed by atoms with Crippen LogP contribution in [0.4, 0.5) is 0 Å². The normalized spacial score (nSPS) is 13.2. The summed E-state index contributed by atoms with van der Waals surface area (Å²) in [6.07, 6.45) is -0.247. The third-order valence-electron chi connectivity index (χ3n) is 1.38. The van der Waals surface area contributed by atoms with Gasteiger partial charge in [0.25, 0.3) is 5.78 Å². The van der Waals surface area contributed by atoms with E-state index < -0.39 is 16.6 Å². The van der Waals surface area contributed by atoms with E-state index in [1.165, 1.54) is 0 Å². The van der Waals surface area contributed by atoms with Crippen molar-refractivity contribution < 1.29 is 14.3 Å². The zero-order valence-electron chi connectivity index (χ0n) is 8.33. The fourth-order valence-corrected chi connectivity index (χ4v) is 0.874. The second-order valence-corrected chi connectivity index (χ2v) is 4.45. The van der Waals surface area contributed by atoms with Gasteiger partial charge in [0.1, 0.15) is 0 Å². The molecule has 0 aromatic heterocycles. The summed E-state index contributed by atoms with van der Waals surface area (Å²) in [5, 5.41) is 0. The van der Waals surface area contributed by atoms with Crippen LogP contribution in [-0.4, -0.2) is 22.7 Å². The van der Waals surface area contributed by atoms with Crippen LogP contribution in [0.15, 0.2) is 0 Å². The first-order valence-electron chi connectivity index (χ1n) is 4.25. The minimum absolute atomic E-state index is 0.0900. The Morgan fingerprint density at radius 3 is 1.92 bits per heavy atom. The smallest absolute Gasteiger partial charge is 0.376 e. The maximum atomic E-state index is 11.3. The van der Waals surface area contributed by atoms with E-state index in [4.69, 9.17) is 4.74 Å². The number of alkyl halides is 1. The van der Waals surface area contributed by atoms with Gasteiger partial charge in [-0.15, -0.1) is 0 Å². The van der Waals surface area contributed by atoms with Gasteiger partial charge in [0, 0.05) is 0 Å². The maximum Gasteiger partial charge on any atom is 0.376 e. The van der Waals surface area contributed by atoms with Gasteiger partial charge in [0.2, 0.25) is 0 Å². The standard InChI is InChI=1S/C9H15BrO3/c1-5(2)7(10)8(11)9(12)13-6(3)4/h5-7H,1-4H3/t7-/m0/s1. The van der Waals surface area contributed by atoms with Gasteiger partial charge in [-0.25, -0.2) is 4.79 Å². The molecule has 0 heterocycles. The molecule has 76 valence electrons. The van der Waals surface area contributed by atoms with Crippen molar-refractivity contribution in [3.63, 3.8) is 0 Å². The molecule has 0 aliphatic heterocycles. The van der Waals surface area contributed by atoms with Crippen molar-refractivity contribution >= 4 is 27.7 Å². The molecule has 0 saturated heterocycles. The quantitative estimate of drug-likeness (QED) is 0.435. The molecule has 0 aliphatic carbocycles. The van der Waals surface area contributed by atoms with Gasteiger partial charge in [0.15, 0.2) is 0 Å². The molecule has 0 aromatic carbocycles. The van der Waals surface area contributed by atoms with Crippen LogP contribution in [0.1, 0.15) is 27.7 Å². The molecule has 0 aliphatic rings. The molecule has 0 unspecified atom stereocenters. The van der Waals surface area contributed by atoms with Crippen molar-refractivity contribution in [1.82, 2.24) is 0 Å². The highest BCUT2D eigenvalue weighted by Gasteiger charge is 2.27. The second-order valence-electron chi connectivity index (χ2n) is 3.46. The fourth-order valence-electron chi connectivity index (χ4n) is 0.687. The van der Waals surface area contributed by atoms with Crippen LogP contribution in [0.25, 0.3) is 0 Å². The van der Waals surface area contributed by atoms with Crippen LogP contribution in [0.2, 0.25) is 0 Å². The monoisotopic (exact) mass is 250 g/mol. The van der Waals surface area contributed by atoms with Crippen LogP contribution in [0, 0.1) is 5.92 Å². The highest BCUT2D eigenvalue weighted by atomic mass is 79.9. The maximum absolute atomic E-state index is 11.3. The van der Waals surface area contributed by atoms with Crippen molar-refractivity contribution in [2.24, 2.45) is 5.92 Å². The lowest BCUT2D eigenvalue weighted by molar-refractivity contribution is -0.156. The van der Waals surface area contributed by atoms with Crippen molar-refractivity contribution in [2.45, 2.75) is 38.6 Å². The number of halogens is 1. The van der Waals surface area contributed by atoms with Gasteiger partial charge in [-0.3, -0.25) is 4.79 Å². The fraction of sp³-hybridized carbons (Fsp3) is 0.778. The number of ether oxygens (including phenoxy) is 1. The number of hydrogen-bond acceptors (Lipinski definition) is 3. The number of rotatable bonds is 4. The molecule has 0 spiro atoms. The molecule has 0 rings (SSSR count). The topological polar surface area (TPSA) is 43.4 Å². The Labute approximate surface area is 87.0 Å². The van der Waals surface area contributed by atoms with Crippen LogP contribution >= 0.6 is 15.9 Å². The zero-order valence-corrected chi connectivity index (χ0v) is 9.92. The number of carbonyl (C=O) groups is 2. The number of hydrogen-bond donors (Lipinski definition) is 0. The van der Waals surface area contributed by atoms with E-state index in [9.17, 15) is 9.59 Å². The summed E-state index contributed by atoms with van der Waals surface area (Å²) >= 11 is 3.15. The minimum Gasteiger partial charge on any atom is -0.457 e. The van der Waals surface area contributed by atoms with Crippen molar-refractivity contribution in [3.05, 3.63) is 0 Å². The first-order chi connectivity index (χ1) is 5.86. The average Bonchev–Trinajstić information content (AvgIpc) is 2.00. The van der Waals surface area contributed by atoms with Crippen LogP contribution in [0.5, 0.6) is 0 Å². The molecule has 3 nitrogen and oxygen atoms in total. The molecular weight excluding hydrogens is 236 g/mol. The van der Waals surface area contributed by atoms with E-state index in [0.29, 0.717) is 0 Å². The summed E-state index contributed by atoms with van der Waals surface area (Å²) in [5.74, 6) is -1.18. The van der Waals surface area contributed by atoms with Gasteiger partial charge in [-0.2, -0.15) is 0 Å². The molecule has 0 N–H and O–H groups in total. The molecule has 4 heteroatoms. The summed E-state index contributed by atoms with van der Waals surface area (Å²) in [4.78, 5) is 22.0. The van der Waals surface area contributed by atoms with E-state index in [-0.39, 0.29) is 12.0 Å². The van der Waals surface area contributed by atoms with E-state index >= 15 is 0 Å². The second kappa shape index (κ2) is 5.37. The van der Waals surface area contributed by atoms with Crippen molar-refractivity contribution in [3.8, 4) is 0 Å². The lowest BCUT2D eigenvalue weighted by Gasteiger charge is -2.12. The lowest BCUT2D eigenvalue weighted by atomic mass is 10.1. The highest BCUT2D eigenvalue weighted by molar-refractivity contribution is 9.10.